The third-order valence-electron chi connectivity index (χ3n) is 2.76. The fraction of sp³-hybridized carbons (Fsp3) is 0.357. The number of oxazole rings is 1. The van der Waals surface area contributed by atoms with Crippen LogP contribution in [0.3, 0.4) is 0 Å². The van der Waals surface area contributed by atoms with Gasteiger partial charge in [0.25, 0.3) is 0 Å². The number of aromatic nitrogens is 1. The lowest BCUT2D eigenvalue weighted by Crippen LogP contribution is -2.21. The number of rotatable bonds is 7. The molecule has 1 heterocycles. The monoisotopic (exact) mass is 314 g/mol. The Hall–Kier alpha value is -1.07. The van der Waals surface area contributed by atoms with Gasteiger partial charge < -0.3 is 14.5 Å². The molecule has 1 aromatic carbocycles. The topological polar surface area (TPSA) is 47.3 Å². The molecule has 0 atom stereocenters. The Bertz CT molecular complexity index is 558. The summed E-state index contributed by atoms with van der Waals surface area (Å²) < 4.78 is 10.6. The Morgan fingerprint density at radius 3 is 2.85 bits per heavy atom. The van der Waals surface area contributed by atoms with Crippen molar-refractivity contribution >= 4 is 23.2 Å². The van der Waals surface area contributed by atoms with Gasteiger partial charge >= 0.3 is 0 Å². The zero-order valence-corrected chi connectivity index (χ0v) is 12.7. The molecule has 0 aliphatic heterocycles. The van der Waals surface area contributed by atoms with Gasteiger partial charge in [-0.1, -0.05) is 23.2 Å². The molecule has 4 nitrogen and oxygen atoms in total. The van der Waals surface area contributed by atoms with Gasteiger partial charge in [-0.15, -0.1) is 0 Å². The van der Waals surface area contributed by atoms with Crippen LogP contribution in [-0.2, 0) is 11.2 Å². The first-order valence-electron chi connectivity index (χ1n) is 6.30. The van der Waals surface area contributed by atoms with Crippen molar-refractivity contribution in [2.75, 3.05) is 26.8 Å². The summed E-state index contributed by atoms with van der Waals surface area (Å²) in [6, 6.07) is 5.37. The van der Waals surface area contributed by atoms with Crippen molar-refractivity contribution in [1.82, 2.24) is 10.3 Å². The summed E-state index contributed by atoms with van der Waals surface area (Å²) in [5.74, 6) is 1.38. The average molecular weight is 315 g/mol. The van der Waals surface area contributed by atoms with Crippen LogP contribution in [0.2, 0.25) is 10.0 Å². The van der Waals surface area contributed by atoms with E-state index in [-0.39, 0.29) is 0 Å². The second-order valence-electron chi connectivity index (χ2n) is 4.24. The molecule has 0 aliphatic rings. The molecule has 0 saturated heterocycles. The maximum Gasteiger partial charge on any atom is 0.196 e. The largest absolute Gasteiger partial charge is 0.441 e. The van der Waals surface area contributed by atoms with E-state index in [0.717, 1.165) is 25.1 Å². The van der Waals surface area contributed by atoms with E-state index < -0.39 is 0 Å². The van der Waals surface area contributed by atoms with E-state index in [0.29, 0.717) is 28.3 Å². The van der Waals surface area contributed by atoms with Gasteiger partial charge in [-0.25, -0.2) is 4.98 Å². The Morgan fingerprint density at radius 1 is 1.25 bits per heavy atom. The lowest BCUT2D eigenvalue weighted by molar-refractivity contribution is 0.199. The van der Waals surface area contributed by atoms with E-state index >= 15 is 0 Å². The number of hydrogen-bond acceptors (Lipinski definition) is 4. The molecule has 2 rings (SSSR count). The van der Waals surface area contributed by atoms with Crippen LogP contribution in [0.15, 0.2) is 28.8 Å². The van der Waals surface area contributed by atoms with Crippen molar-refractivity contribution in [1.29, 1.82) is 0 Å². The van der Waals surface area contributed by atoms with Crippen LogP contribution in [0.1, 0.15) is 5.89 Å². The van der Waals surface area contributed by atoms with E-state index in [2.05, 4.69) is 10.3 Å². The Balaban J connectivity index is 1.93. The first-order chi connectivity index (χ1) is 9.70. The van der Waals surface area contributed by atoms with Gasteiger partial charge in [0.1, 0.15) is 0 Å². The third-order valence-corrected chi connectivity index (χ3v) is 3.50. The van der Waals surface area contributed by atoms with Crippen LogP contribution in [0, 0.1) is 0 Å². The van der Waals surface area contributed by atoms with E-state index in [1.54, 1.807) is 25.4 Å². The molecule has 20 heavy (non-hydrogen) atoms. The number of halogens is 2. The number of nitrogens with zero attached hydrogens (tertiary/aromatic N) is 1. The van der Waals surface area contributed by atoms with E-state index in [4.69, 9.17) is 32.4 Å². The zero-order valence-electron chi connectivity index (χ0n) is 11.2. The highest BCUT2D eigenvalue weighted by Gasteiger charge is 2.08. The summed E-state index contributed by atoms with van der Waals surface area (Å²) in [5, 5.41) is 4.27. The predicted octanol–water partition coefficient (Wildman–Crippen LogP) is 3.43. The van der Waals surface area contributed by atoms with Crippen molar-refractivity contribution < 1.29 is 9.15 Å². The standard InChI is InChI=1S/C14H16Cl2N2O2/c1-19-7-6-17-5-4-14-18-9-13(20-14)10-2-3-11(15)12(16)8-10/h2-3,8-9,17H,4-7H2,1H3. The van der Waals surface area contributed by atoms with E-state index in [1.807, 2.05) is 6.07 Å². The molecule has 0 radical (unpaired) electrons. The summed E-state index contributed by atoms with van der Waals surface area (Å²) in [6.07, 6.45) is 2.43. The van der Waals surface area contributed by atoms with Gasteiger partial charge in [0.2, 0.25) is 0 Å². The second-order valence-corrected chi connectivity index (χ2v) is 5.05. The molecule has 1 aromatic heterocycles. The minimum Gasteiger partial charge on any atom is -0.441 e. The molecular weight excluding hydrogens is 299 g/mol. The molecule has 1 N–H and O–H groups in total. The molecule has 0 amide bonds. The molecule has 0 fully saturated rings. The number of benzene rings is 1. The molecule has 0 unspecified atom stereocenters. The summed E-state index contributed by atoms with van der Waals surface area (Å²) in [4.78, 5) is 4.25. The van der Waals surface area contributed by atoms with E-state index in [1.165, 1.54) is 0 Å². The van der Waals surface area contributed by atoms with Gasteiger partial charge in [-0.3, -0.25) is 0 Å². The highest BCUT2D eigenvalue weighted by Crippen LogP contribution is 2.28. The molecule has 0 spiro atoms. The number of ether oxygens (including phenoxy) is 1. The predicted molar refractivity (Wildman–Crippen MR) is 80.4 cm³/mol. The lowest BCUT2D eigenvalue weighted by atomic mass is 10.2. The number of methoxy groups -OCH3 is 1. The van der Waals surface area contributed by atoms with Crippen molar-refractivity contribution in [3.63, 3.8) is 0 Å². The molecule has 2 aromatic rings. The fourth-order valence-electron chi connectivity index (χ4n) is 1.70. The smallest absolute Gasteiger partial charge is 0.196 e. The van der Waals surface area contributed by atoms with Crippen LogP contribution in [0.25, 0.3) is 11.3 Å². The molecule has 108 valence electrons. The number of hydrogen-bond donors (Lipinski definition) is 1. The first-order valence-corrected chi connectivity index (χ1v) is 7.06. The van der Waals surface area contributed by atoms with Crippen molar-refractivity contribution in [2.45, 2.75) is 6.42 Å². The highest BCUT2D eigenvalue weighted by atomic mass is 35.5. The van der Waals surface area contributed by atoms with Crippen molar-refractivity contribution in [3.8, 4) is 11.3 Å². The molecule has 0 aliphatic carbocycles. The quantitative estimate of drug-likeness (QED) is 0.795. The Morgan fingerprint density at radius 2 is 2.10 bits per heavy atom. The Kier molecular flexibility index (Phi) is 5.86. The zero-order chi connectivity index (χ0) is 14.4. The van der Waals surface area contributed by atoms with Gasteiger partial charge in [-0.05, 0) is 18.2 Å². The van der Waals surface area contributed by atoms with Crippen molar-refractivity contribution in [3.05, 3.63) is 40.3 Å². The van der Waals surface area contributed by atoms with Crippen molar-refractivity contribution in [2.24, 2.45) is 0 Å². The fourth-order valence-corrected chi connectivity index (χ4v) is 2.00. The van der Waals surface area contributed by atoms with Gasteiger partial charge in [-0.2, -0.15) is 0 Å². The summed E-state index contributed by atoms with van der Waals surface area (Å²) in [5.41, 5.74) is 0.866. The van der Waals surface area contributed by atoms with Gasteiger partial charge in [0.05, 0.1) is 22.8 Å². The highest BCUT2D eigenvalue weighted by molar-refractivity contribution is 6.42. The normalized spacial score (nSPS) is 10.9. The molecule has 0 saturated carbocycles. The van der Waals surface area contributed by atoms with Gasteiger partial charge in [0.15, 0.2) is 11.7 Å². The van der Waals surface area contributed by atoms with Crippen LogP contribution < -0.4 is 5.32 Å². The third kappa shape index (κ3) is 4.21. The maximum absolute atomic E-state index is 5.99. The summed E-state index contributed by atoms with van der Waals surface area (Å²) >= 11 is 11.9. The average Bonchev–Trinajstić information content (AvgIpc) is 2.90. The first kappa shape index (κ1) is 15.3. The molecule has 0 bridgehead atoms. The SMILES string of the molecule is COCCNCCc1ncc(-c2ccc(Cl)c(Cl)c2)o1. The van der Waals surface area contributed by atoms with Crippen LogP contribution in [-0.4, -0.2) is 31.8 Å². The molecule has 6 heteroatoms. The summed E-state index contributed by atoms with van der Waals surface area (Å²) in [6.45, 7) is 2.31. The van der Waals surface area contributed by atoms with Gasteiger partial charge in [0, 0.05) is 32.2 Å². The lowest BCUT2D eigenvalue weighted by Gasteiger charge is -2.01. The minimum absolute atomic E-state index is 0.503. The number of nitrogens with one attached hydrogen (secondary N) is 1. The van der Waals surface area contributed by atoms with E-state index in [9.17, 15) is 0 Å². The van der Waals surface area contributed by atoms with Crippen LogP contribution >= 0.6 is 23.2 Å². The molecular formula is C14H16Cl2N2O2. The summed E-state index contributed by atoms with van der Waals surface area (Å²) in [7, 11) is 1.68. The van der Waals surface area contributed by atoms with Crippen LogP contribution in [0.4, 0.5) is 0 Å². The Labute approximate surface area is 128 Å². The second kappa shape index (κ2) is 7.64. The minimum atomic E-state index is 0.503. The van der Waals surface area contributed by atoms with Crippen LogP contribution in [0.5, 0.6) is 0 Å². The maximum atomic E-state index is 5.99.